The van der Waals surface area contributed by atoms with E-state index in [-0.39, 0.29) is 0 Å². The number of ether oxygens (including phenoxy) is 2. The maximum Gasteiger partial charge on any atom is 0.252 e. The molecule has 16 heavy (non-hydrogen) atoms. The monoisotopic (exact) mass is 221 g/mol. The summed E-state index contributed by atoms with van der Waals surface area (Å²) in [7, 11) is 1.58. The van der Waals surface area contributed by atoms with Gasteiger partial charge in [-0.3, -0.25) is 4.79 Å². The summed E-state index contributed by atoms with van der Waals surface area (Å²) < 4.78 is 10.3. The average Bonchev–Trinajstić information content (AvgIpc) is 2.29. The predicted molar refractivity (Wildman–Crippen MR) is 62.4 cm³/mol. The summed E-state index contributed by atoms with van der Waals surface area (Å²) in [6, 6.07) is 5.11. The van der Waals surface area contributed by atoms with Gasteiger partial charge in [-0.1, -0.05) is 18.7 Å². The molecule has 0 spiro atoms. The number of nitrogens with two attached hydrogens (primary N) is 1. The first-order valence-electron chi connectivity index (χ1n) is 4.87. The molecule has 1 aromatic carbocycles. The first kappa shape index (κ1) is 12.3. The van der Waals surface area contributed by atoms with Gasteiger partial charge >= 0.3 is 0 Å². The molecular weight excluding hydrogens is 206 g/mol. The van der Waals surface area contributed by atoms with Crippen LogP contribution in [0.2, 0.25) is 0 Å². The van der Waals surface area contributed by atoms with E-state index in [1.165, 1.54) is 0 Å². The lowest BCUT2D eigenvalue weighted by molar-refractivity contribution is 0.0992. The maximum atomic E-state index is 11.1. The molecule has 1 amide bonds. The Morgan fingerprint density at radius 3 is 2.81 bits per heavy atom. The summed E-state index contributed by atoms with van der Waals surface area (Å²) in [5.74, 6) is -0.0509. The standard InChI is InChI=1S/C12H15NO3/c1-3-9-4-5-10(12(13)14)11(8-9)16-7-6-15-2/h3-5,8H,1,6-7H2,2H3,(H2,13,14). The molecule has 4 heteroatoms. The number of methoxy groups -OCH3 is 1. The Bertz CT molecular complexity index is 388. The van der Waals surface area contributed by atoms with Gasteiger partial charge in [-0.2, -0.15) is 0 Å². The van der Waals surface area contributed by atoms with Gasteiger partial charge in [-0.25, -0.2) is 0 Å². The highest BCUT2D eigenvalue weighted by atomic mass is 16.5. The number of benzene rings is 1. The van der Waals surface area contributed by atoms with E-state index in [1.807, 2.05) is 0 Å². The van der Waals surface area contributed by atoms with Crippen LogP contribution < -0.4 is 10.5 Å². The van der Waals surface area contributed by atoms with Gasteiger partial charge < -0.3 is 15.2 Å². The zero-order valence-corrected chi connectivity index (χ0v) is 9.23. The summed E-state index contributed by atoms with van der Waals surface area (Å²) in [5, 5.41) is 0. The van der Waals surface area contributed by atoms with Gasteiger partial charge in [0.05, 0.1) is 12.2 Å². The van der Waals surface area contributed by atoms with Gasteiger partial charge in [0.25, 0.3) is 5.91 Å². The maximum absolute atomic E-state index is 11.1. The molecule has 0 aromatic heterocycles. The molecule has 0 saturated heterocycles. The Morgan fingerprint density at radius 2 is 2.25 bits per heavy atom. The minimum Gasteiger partial charge on any atom is -0.490 e. The van der Waals surface area contributed by atoms with E-state index in [0.29, 0.717) is 24.5 Å². The van der Waals surface area contributed by atoms with E-state index in [1.54, 1.807) is 31.4 Å². The molecule has 0 bridgehead atoms. The molecular formula is C12H15NO3. The molecule has 2 N–H and O–H groups in total. The first-order chi connectivity index (χ1) is 7.69. The topological polar surface area (TPSA) is 61.6 Å². The fourth-order valence-corrected chi connectivity index (χ4v) is 1.22. The highest BCUT2D eigenvalue weighted by Crippen LogP contribution is 2.20. The molecule has 1 rings (SSSR count). The fourth-order valence-electron chi connectivity index (χ4n) is 1.22. The molecule has 0 heterocycles. The molecule has 86 valence electrons. The van der Waals surface area contributed by atoms with E-state index >= 15 is 0 Å². The van der Waals surface area contributed by atoms with Gasteiger partial charge in [0.1, 0.15) is 12.4 Å². The van der Waals surface area contributed by atoms with E-state index in [4.69, 9.17) is 15.2 Å². The second-order valence-corrected chi connectivity index (χ2v) is 3.17. The SMILES string of the molecule is C=Cc1ccc(C(N)=O)c(OCCOC)c1. The average molecular weight is 221 g/mol. The van der Waals surface area contributed by atoms with Gasteiger partial charge in [-0.15, -0.1) is 0 Å². The van der Waals surface area contributed by atoms with E-state index in [2.05, 4.69) is 6.58 Å². The van der Waals surface area contributed by atoms with Crippen molar-refractivity contribution in [2.75, 3.05) is 20.3 Å². The van der Waals surface area contributed by atoms with Gasteiger partial charge in [0.15, 0.2) is 0 Å². The van der Waals surface area contributed by atoms with Crippen LogP contribution >= 0.6 is 0 Å². The van der Waals surface area contributed by atoms with Crippen molar-refractivity contribution < 1.29 is 14.3 Å². The van der Waals surface area contributed by atoms with Crippen LogP contribution in [0.4, 0.5) is 0 Å². The van der Waals surface area contributed by atoms with Gasteiger partial charge in [-0.05, 0) is 17.7 Å². The van der Waals surface area contributed by atoms with Crippen LogP contribution in [0.25, 0.3) is 6.08 Å². The van der Waals surface area contributed by atoms with Crippen LogP contribution in [0.1, 0.15) is 15.9 Å². The van der Waals surface area contributed by atoms with Gasteiger partial charge in [0.2, 0.25) is 0 Å². The lowest BCUT2D eigenvalue weighted by Gasteiger charge is -2.09. The molecule has 0 radical (unpaired) electrons. The Morgan fingerprint density at radius 1 is 1.50 bits per heavy atom. The Labute approximate surface area is 94.7 Å². The molecule has 0 atom stereocenters. The van der Waals surface area contributed by atoms with Crippen molar-refractivity contribution in [3.05, 3.63) is 35.9 Å². The van der Waals surface area contributed by atoms with Crippen LogP contribution in [0.15, 0.2) is 24.8 Å². The van der Waals surface area contributed by atoms with Crippen LogP contribution in [0.5, 0.6) is 5.75 Å². The molecule has 0 aliphatic heterocycles. The van der Waals surface area contributed by atoms with Crippen LogP contribution in [0.3, 0.4) is 0 Å². The third kappa shape index (κ3) is 3.10. The molecule has 0 aliphatic rings. The third-order valence-electron chi connectivity index (χ3n) is 2.05. The zero-order chi connectivity index (χ0) is 12.0. The highest BCUT2D eigenvalue weighted by molar-refractivity contribution is 5.95. The smallest absolute Gasteiger partial charge is 0.252 e. The molecule has 0 fully saturated rings. The quantitative estimate of drug-likeness (QED) is 0.739. The molecule has 0 saturated carbocycles. The van der Waals surface area contributed by atoms with Crippen LogP contribution in [0, 0.1) is 0 Å². The van der Waals surface area contributed by atoms with Crippen LogP contribution in [-0.2, 0) is 4.74 Å². The second kappa shape index (κ2) is 5.92. The number of hydrogen-bond acceptors (Lipinski definition) is 3. The Hall–Kier alpha value is -1.81. The summed E-state index contributed by atoms with van der Waals surface area (Å²) in [5.41, 5.74) is 6.47. The second-order valence-electron chi connectivity index (χ2n) is 3.17. The van der Waals surface area contributed by atoms with Crippen molar-refractivity contribution in [1.82, 2.24) is 0 Å². The predicted octanol–water partition coefficient (Wildman–Crippen LogP) is 1.45. The minimum absolute atomic E-state index is 0.363. The number of carbonyl (C=O) groups excluding carboxylic acids is 1. The Balaban J connectivity index is 2.91. The zero-order valence-electron chi connectivity index (χ0n) is 9.23. The number of amides is 1. The van der Waals surface area contributed by atoms with Crippen molar-refractivity contribution >= 4 is 12.0 Å². The van der Waals surface area contributed by atoms with Crippen molar-refractivity contribution in [3.63, 3.8) is 0 Å². The summed E-state index contributed by atoms with van der Waals surface area (Å²) in [6.07, 6.45) is 1.67. The Kier molecular flexibility index (Phi) is 4.54. The van der Waals surface area contributed by atoms with E-state index in [0.717, 1.165) is 5.56 Å². The van der Waals surface area contributed by atoms with Crippen LogP contribution in [-0.4, -0.2) is 26.2 Å². The van der Waals surface area contributed by atoms with Crippen molar-refractivity contribution in [3.8, 4) is 5.75 Å². The molecule has 0 unspecified atom stereocenters. The lowest BCUT2D eigenvalue weighted by Crippen LogP contribution is -2.14. The molecule has 0 aliphatic carbocycles. The first-order valence-corrected chi connectivity index (χ1v) is 4.87. The largest absolute Gasteiger partial charge is 0.490 e. The van der Waals surface area contributed by atoms with E-state index in [9.17, 15) is 4.79 Å². The number of hydrogen-bond donors (Lipinski definition) is 1. The molecule has 4 nitrogen and oxygen atoms in total. The summed E-state index contributed by atoms with van der Waals surface area (Å²) in [4.78, 5) is 11.1. The third-order valence-corrected chi connectivity index (χ3v) is 2.05. The number of primary amides is 1. The number of rotatable bonds is 6. The normalized spacial score (nSPS) is 9.81. The van der Waals surface area contributed by atoms with Crippen molar-refractivity contribution in [1.29, 1.82) is 0 Å². The van der Waals surface area contributed by atoms with Gasteiger partial charge in [0, 0.05) is 7.11 Å². The highest BCUT2D eigenvalue weighted by Gasteiger charge is 2.09. The summed E-state index contributed by atoms with van der Waals surface area (Å²) >= 11 is 0. The van der Waals surface area contributed by atoms with E-state index < -0.39 is 5.91 Å². The molecule has 1 aromatic rings. The van der Waals surface area contributed by atoms with Crippen molar-refractivity contribution in [2.24, 2.45) is 5.73 Å². The lowest BCUT2D eigenvalue weighted by atomic mass is 10.1. The minimum atomic E-state index is -0.511. The fraction of sp³-hybridized carbons (Fsp3) is 0.250. The van der Waals surface area contributed by atoms with Crippen molar-refractivity contribution in [2.45, 2.75) is 0 Å². The number of carbonyl (C=O) groups is 1. The summed E-state index contributed by atoms with van der Waals surface area (Å²) in [6.45, 7) is 4.47.